The maximum Gasteiger partial charge on any atom is 0.192 e. The van der Waals surface area contributed by atoms with Crippen molar-refractivity contribution >= 4 is 11.8 Å². The largest absolute Gasteiger partial charge is 0.306 e. The molecule has 1 aromatic rings. The van der Waals surface area contributed by atoms with Crippen molar-refractivity contribution in [2.45, 2.75) is 49.6 Å². The molecule has 80 valence electrons. The van der Waals surface area contributed by atoms with E-state index in [1.54, 1.807) is 0 Å². The Balaban J connectivity index is 2.20. The molecule has 0 aromatic carbocycles. The van der Waals surface area contributed by atoms with Crippen LogP contribution in [-0.2, 0) is 6.54 Å². The summed E-state index contributed by atoms with van der Waals surface area (Å²) in [5.41, 5.74) is 0. The summed E-state index contributed by atoms with van der Waals surface area (Å²) < 4.78 is 2.14. The highest BCUT2D eigenvalue weighted by Crippen LogP contribution is 2.40. The molecule has 1 heterocycles. The molecule has 4 nitrogen and oxygen atoms in total. The predicted octanol–water partition coefficient (Wildman–Crippen LogP) is 2.18. The molecule has 0 radical (unpaired) electrons. The van der Waals surface area contributed by atoms with Crippen molar-refractivity contribution in [3.8, 4) is 6.07 Å². The molecule has 2 rings (SSSR count). The maximum atomic E-state index is 8.76. The average molecular weight is 222 g/mol. The van der Waals surface area contributed by atoms with Crippen LogP contribution in [0.3, 0.4) is 0 Å². The van der Waals surface area contributed by atoms with Gasteiger partial charge in [0.1, 0.15) is 5.82 Å². The second-order valence-corrected chi connectivity index (χ2v) is 5.06. The number of thioether (sulfide) groups is 1. The van der Waals surface area contributed by atoms with Gasteiger partial charge in [0.2, 0.25) is 0 Å². The molecule has 15 heavy (non-hydrogen) atoms. The molecule has 1 atom stereocenters. The Morgan fingerprint density at radius 2 is 2.33 bits per heavy atom. The molecule has 1 saturated carbocycles. The van der Waals surface area contributed by atoms with E-state index in [0.717, 1.165) is 17.5 Å². The zero-order chi connectivity index (χ0) is 10.8. The molecule has 0 saturated heterocycles. The second-order valence-electron chi connectivity index (χ2n) is 3.75. The Morgan fingerprint density at radius 3 is 2.87 bits per heavy atom. The average Bonchev–Trinajstić information content (AvgIpc) is 3.01. The summed E-state index contributed by atoms with van der Waals surface area (Å²) in [6.45, 7) is 4.87. The van der Waals surface area contributed by atoms with Crippen LogP contribution in [0.5, 0.6) is 0 Å². The van der Waals surface area contributed by atoms with Crippen LogP contribution in [0.4, 0.5) is 0 Å². The van der Waals surface area contributed by atoms with Crippen molar-refractivity contribution in [1.82, 2.24) is 14.8 Å². The SMILES string of the molecule is CCn1c(SC(C)C#N)nnc1C1CC1. The van der Waals surface area contributed by atoms with Gasteiger partial charge in [-0.05, 0) is 26.7 Å². The van der Waals surface area contributed by atoms with Gasteiger partial charge in [-0.1, -0.05) is 11.8 Å². The van der Waals surface area contributed by atoms with Crippen LogP contribution in [0.15, 0.2) is 5.16 Å². The molecule has 1 aliphatic rings. The predicted molar refractivity (Wildman–Crippen MR) is 58.6 cm³/mol. The number of hydrogen-bond donors (Lipinski definition) is 0. The highest BCUT2D eigenvalue weighted by molar-refractivity contribution is 8.00. The zero-order valence-electron chi connectivity index (χ0n) is 8.97. The molecule has 0 N–H and O–H groups in total. The number of hydrogen-bond acceptors (Lipinski definition) is 4. The summed E-state index contributed by atoms with van der Waals surface area (Å²) >= 11 is 1.49. The highest BCUT2D eigenvalue weighted by atomic mass is 32.2. The first kappa shape index (κ1) is 10.5. The topological polar surface area (TPSA) is 54.5 Å². The Kier molecular flexibility index (Phi) is 2.96. The number of nitriles is 1. The minimum atomic E-state index is -0.0634. The van der Waals surface area contributed by atoms with E-state index in [1.165, 1.54) is 24.6 Å². The van der Waals surface area contributed by atoms with Crippen molar-refractivity contribution < 1.29 is 0 Å². The van der Waals surface area contributed by atoms with Gasteiger partial charge in [-0.3, -0.25) is 0 Å². The van der Waals surface area contributed by atoms with Gasteiger partial charge in [0.25, 0.3) is 0 Å². The fraction of sp³-hybridized carbons (Fsp3) is 0.700. The van der Waals surface area contributed by atoms with Gasteiger partial charge in [-0.2, -0.15) is 5.26 Å². The number of rotatable bonds is 4. The Labute approximate surface area is 93.7 Å². The van der Waals surface area contributed by atoms with Crippen molar-refractivity contribution in [3.63, 3.8) is 0 Å². The van der Waals surface area contributed by atoms with E-state index < -0.39 is 0 Å². The third kappa shape index (κ3) is 2.15. The summed E-state index contributed by atoms with van der Waals surface area (Å²) in [4.78, 5) is 0. The summed E-state index contributed by atoms with van der Waals surface area (Å²) in [6.07, 6.45) is 2.47. The fourth-order valence-corrected chi connectivity index (χ4v) is 2.32. The molecule has 0 spiro atoms. The van der Waals surface area contributed by atoms with E-state index >= 15 is 0 Å². The first-order valence-electron chi connectivity index (χ1n) is 5.25. The van der Waals surface area contributed by atoms with Crippen LogP contribution >= 0.6 is 11.8 Å². The minimum Gasteiger partial charge on any atom is -0.306 e. The quantitative estimate of drug-likeness (QED) is 0.733. The molecule has 5 heteroatoms. The third-order valence-corrected chi connectivity index (χ3v) is 3.44. The van der Waals surface area contributed by atoms with Gasteiger partial charge in [0, 0.05) is 12.5 Å². The molecule has 1 aromatic heterocycles. The van der Waals surface area contributed by atoms with Crippen LogP contribution in [-0.4, -0.2) is 20.0 Å². The lowest BCUT2D eigenvalue weighted by molar-refractivity contribution is 0.643. The van der Waals surface area contributed by atoms with Crippen molar-refractivity contribution in [2.75, 3.05) is 0 Å². The van der Waals surface area contributed by atoms with E-state index in [1.807, 2.05) is 6.92 Å². The van der Waals surface area contributed by atoms with Gasteiger partial charge >= 0.3 is 0 Å². The smallest absolute Gasteiger partial charge is 0.192 e. The summed E-state index contributed by atoms with van der Waals surface area (Å²) in [5.74, 6) is 1.72. The first-order valence-corrected chi connectivity index (χ1v) is 6.13. The Hall–Kier alpha value is -1.02. The van der Waals surface area contributed by atoms with Gasteiger partial charge in [-0.25, -0.2) is 0 Å². The van der Waals surface area contributed by atoms with Crippen molar-refractivity contribution in [1.29, 1.82) is 5.26 Å². The van der Waals surface area contributed by atoms with Crippen LogP contribution in [0, 0.1) is 11.3 Å². The molecule has 1 unspecified atom stereocenters. The fourth-order valence-electron chi connectivity index (χ4n) is 1.51. The summed E-state index contributed by atoms with van der Waals surface area (Å²) in [6, 6.07) is 2.20. The van der Waals surface area contributed by atoms with Gasteiger partial charge < -0.3 is 4.57 Å². The highest BCUT2D eigenvalue weighted by Gasteiger charge is 2.30. The standard InChI is InChI=1S/C10H14N4S/c1-3-14-9(8-4-5-8)12-13-10(14)15-7(2)6-11/h7-8H,3-5H2,1-2H3. The van der Waals surface area contributed by atoms with E-state index in [2.05, 4.69) is 27.8 Å². The first-order chi connectivity index (χ1) is 7.26. The number of aromatic nitrogens is 3. The van der Waals surface area contributed by atoms with Crippen LogP contribution in [0.2, 0.25) is 0 Å². The lowest BCUT2D eigenvalue weighted by atomic mass is 10.4. The minimum absolute atomic E-state index is 0.0634. The van der Waals surface area contributed by atoms with Crippen molar-refractivity contribution in [2.24, 2.45) is 0 Å². The molecule has 0 amide bonds. The molecular formula is C10H14N4S. The van der Waals surface area contributed by atoms with Gasteiger partial charge in [0.15, 0.2) is 5.16 Å². The lowest BCUT2D eigenvalue weighted by Crippen LogP contribution is -2.03. The monoisotopic (exact) mass is 222 g/mol. The van der Waals surface area contributed by atoms with Gasteiger partial charge in [0.05, 0.1) is 11.3 Å². The van der Waals surface area contributed by atoms with E-state index in [9.17, 15) is 0 Å². The maximum absolute atomic E-state index is 8.76. The summed E-state index contributed by atoms with van der Waals surface area (Å²) in [5, 5.41) is 18.0. The zero-order valence-corrected chi connectivity index (χ0v) is 9.79. The Bertz CT molecular complexity index is 389. The van der Waals surface area contributed by atoms with Crippen LogP contribution in [0.1, 0.15) is 38.4 Å². The van der Waals surface area contributed by atoms with Crippen molar-refractivity contribution in [3.05, 3.63) is 5.82 Å². The molecule has 1 aliphatic carbocycles. The normalized spacial score (nSPS) is 17.4. The van der Waals surface area contributed by atoms with E-state index in [4.69, 9.17) is 5.26 Å². The number of nitrogens with zero attached hydrogens (tertiary/aromatic N) is 4. The second kappa shape index (κ2) is 4.23. The molecule has 0 bridgehead atoms. The molecule has 1 fully saturated rings. The van der Waals surface area contributed by atoms with Crippen LogP contribution in [0.25, 0.3) is 0 Å². The van der Waals surface area contributed by atoms with E-state index in [-0.39, 0.29) is 5.25 Å². The molecular weight excluding hydrogens is 208 g/mol. The van der Waals surface area contributed by atoms with Crippen LogP contribution < -0.4 is 0 Å². The Morgan fingerprint density at radius 1 is 1.60 bits per heavy atom. The third-order valence-electron chi connectivity index (χ3n) is 2.47. The van der Waals surface area contributed by atoms with E-state index in [0.29, 0.717) is 5.92 Å². The molecule has 0 aliphatic heterocycles. The van der Waals surface area contributed by atoms with Gasteiger partial charge in [-0.15, -0.1) is 10.2 Å². The lowest BCUT2D eigenvalue weighted by Gasteiger charge is -2.06. The summed E-state index contributed by atoms with van der Waals surface area (Å²) in [7, 11) is 0.